The second kappa shape index (κ2) is 42.7. The van der Waals surface area contributed by atoms with Crippen molar-refractivity contribution in [1.29, 1.82) is 0 Å². The first-order valence-electron chi connectivity index (χ1n) is 34.3. The number of carbonyl (C=O) groups is 13. The van der Waals surface area contributed by atoms with Crippen LogP contribution in [-0.2, 0) is 86.0 Å². The fourth-order valence-electron chi connectivity index (χ4n) is 12.4. The highest BCUT2D eigenvalue weighted by Crippen LogP contribution is 2.28. The highest BCUT2D eigenvalue weighted by molar-refractivity contribution is 7.99. The van der Waals surface area contributed by atoms with Crippen molar-refractivity contribution in [2.45, 2.75) is 150 Å². The van der Waals surface area contributed by atoms with Crippen molar-refractivity contribution in [3.8, 4) is 0 Å². The maximum absolute atomic E-state index is 14.9. The number of benzene rings is 2. The van der Waals surface area contributed by atoms with E-state index in [1.54, 1.807) is 45.0 Å². The average molecular weight is 1470 g/mol. The van der Waals surface area contributed by atoms with E-state index in [2.05, 4.69) is 31.9 Å². The van der Waals surface area contributed by atoms with Crippen LogP contribution in [0.4, 0.5) is 0 Å². The fourth-order valence-corrected chi connectivity index (χ4v) is 15.1. The van der Waals surface area contributed by atoms with Crippen molar-refractivity contribution in [2.24, 2.45) is 5.73 Å². The molecule has 3 saturated heterocycles. The maximum atomic E-state index is 14.9. The number of carbonyl (C=O) groups excluding carboxylic acids is 9. The summed E-state index contributed by atoms with van der Waals surface area (Å²) in [6, 6.07) is 4.89. The molecule has 4 aliphatic heterocycles. The summed E-state index contributed by atoms with van der Waals surface area (Å²) in [5, 5.41) is 66.6. The van der Waals surface area contributed by atoms with Gasteiger partial charge in [-0.3, -0.25) is 77.1 Å². The largest absolute Gasteiger partial charge is 0.480 e. The van der Waals surface area contributed by atoms with E-state index in [1.807, 2.05) is 30.0 Å². The second-order valence-corrected chi connectivity index (χ2v) is 28.9. The standard InChI is InChI=1S/C67H99N13O18S3/c1-3-4-6-15-55(83)70-50-41-100-39-46-30-45(38-99-29-18-69-56(84)34-75-21-23-76(35-57(85)86)25-27-78(37-59(89)90)28-26-77(24-22-75)36-58(87)88)31-47(32-46)40-101-42-51(67(97)98)73-62(92)49(33-44-11-7-5-8-12-44)72-61(91)48(16-17-54(68)82)71-64(94)60(43(2)81)74-63(93)52-13-9-19-79(52)66(96)53-14-10-20-80(53)65(50)95/h5,7-8,11-12,30-32,43,48-53,60,81H,3-4,6,9-10,13-29,33-42H2,1-2H3,(H2,68,82)(H,69,84)(H,70,83)(H,71,94)(H,72,91)(H,73,92)(H,74,93)(H,85,86)(H,87,88)(H,89,90)(H,97,98)/t43-,48+,49+,50-,51+,52+,53+,60+/m1/s1. The first-order chi connectivity index (χ1) is 48.3. The van der Waals surface area contributed by atoms with E-state index in [9.17, 15) is 87.9 Å². The van der Waals surface area contributed by atoms with E-state index >= 15 is 0 Å². The Morgan fingerprint density at radius 3 is 1.68 bits per heavy atom. The first kappa shape index (κ1) is 82.4. The van der Waals surface area contributed by atoms with E-state index in [1.165, 1.54) is 52.0 Å². The molecule has 0 aliphatic carbocycles. The van der Waals surface area contributed by atoms with Gasteiger partial charge in [-0.15, -0.1) is 0 Å². The molecule has 0 aromatic heterocycles. The van der Waals surface area contributed by atoms with Gasteiger partial charge in [0.1, 0.15) is 42.3 Å². The van der Waals surface area contributed by atoms with Crippen LogP contribution in [0.15, 0.2) is 48.5 Å². The number of carboxylic acids is 4. The number of aliphatic hydroxyl groups excluding tert-OH is 1. The normalized spacial score (nSPS) is 23.4. The van der Waals surface area contributed by atoms with Crippen molar-refractivity contribution in [2.75, 3.05) is 115 Å². The number of unbranched alkanes of at least 4 members (excludes halogenated alkanes) is 2. The van der Waals surface area contributed by atoms with Crippen molar-refractivity contribution < 1.29 is 87.9 Å². The van der Waals surface area contributed by atoms with Crippen LogP contribution in [0.5, 0.6) is 0 Å². The smallest absolute Gasteiger partial charge is 0.327 e. The molecule has 0 saturated carbocycles. The number of aliphatic hydroxyl groups is 1. The molecular weight excluding hydrogens is 1370 g/mol. The first-order valence-corrected chi connectivity index (χ1v) is 37.7. The van der Waals surface area contributed by atoms with Crippen molar-refractivity contribution >= 4 is 112 Å². The third-order valence-electron chi connectivity index (χ3n) is 17.6. The van der Waals surface area contributed by atoms with E-state index in [4.69, 9.17) is 5.73 Å². The van der Waals surface area contributed by atoms with Crippen LogP contribution in [0.25, 0.3) is 0 Å². The lowest BCUT2D eigenvalue weighted by Gasteiger charge is -2.33. The Labute approximate surface area is 600 Å². The number of nitrogens with zero attached hydrogens (tertiary/aromatic N) is 6. The molecule has 6 rings (SSSR count). The van der Waals surface area contributed by atoms with E-state index in [0.29, 0.717) is 42.1 Å². The molecule has 2 aromatic carbocycles. The number of hydrogen-bond acceptors (Lipinski definition) is 21. The molecule has 2 bridgehead atoms. The molecule has 8 atom stereocenters. The Hall–Kier alpha value is -7.60. The summed E-state index contributed by atoms with van der Waals surface area (Å²) >= 11 is 4.09. The lowest BCUT2D eigenvalue weighted by atomic mass is 10.0. The summed E-state index contributed by atoms with van der Waals surface area (Å²) in [5.74, 6) is -9.44. The number of carboxylic acid groups (broad SMARTS) is 4. The molecule has 31 nitrogen and oxygen atoms in total. The number of nitrogens with two attached hydrogens (primary N) is 1. The minimum absolute atomic E-state index is 0.0754. The summed E-state index contributed by atoms with van der Waals surface area (Å²) < 4.78 is 0. The van der Waals surface area contributed by atoms with E-state index in [-0.39, 0.29) is 153 Å². The molecular formula is C67H99N13O18S3. The number of aliphatic carboxylic acids is 4. The minimum Gasteiger partial charge on any atom is -0.480 e. The predicted octanol–water partition coefficient (Wildman–Crippen LogP) is -1.05. The number of primary amides is 1. The third kappa shape index (κ3) is 28.6. The van der Waals surface area contributed by atoms with Gasteiger partial charge in [-0.2, -0.15) is 35.3 Å². The topological polar surface area (TPSA) is 441 Å². The Kier molecular flexibility index (Phi) is 34.8. The van der Waals surface area contributed by atoms with Gasteiger partial charge >= 0.3 is 23.9 Å². The van der Waals surface area contributed by atoms with Gasteiger partial charge in [-0.1, -0.05) is 68.3 Å². The number of thioether (sulfide) groups is 3. The zero-order valence-corrected chi connectivity index (χ0v) is 59.8. The highest BCUT2D eigenvalue weighted by Gasteiger charge is 2.45. The van der Waals surface area contributed by atoms with Gasteiger partial charge in [0.25, 0.3) is 0 Å². The zero-order chi connectivity index (χ0) is 73.5. The van der Waals surface area contributed by atoms with Gasteiger partial charge in [-0.25, -0.2) is 4.79 Å². The molecule has 0 spiro atoms. The number of rotatable bonds is 25. The molecule has 2 aromatic rings. The predicted molar refractivity (Wildman–Crippen MR) is 378 cm³/mol. The van der Waals surface area contributed by atoms with Crippen LogP contribution in [0.3, 0.4) is 0 Å². The molecule has 558 valence electrons. The van der Waals surface area contributed by atoms with Crippen LogP contribution < -0.4 is 37.6 Å². The number of amides is 9. The Morgan fingerprint density at radius 1 is 0.604 bits per heavy atom. The number of fused-ring (bicyclic) bond motifs is 4. The maximum Gasteiger partial charge on any atom is 0.327 e. The summed E-state index contributed by atoms with van der Waals surface area (Å²) in [5.41, 5.74) is 8.51. The third-order valence-corrected chi connectivity index (χ3v) is 20.9. The van der Waals surface area contributed by atoms with Crippen molar-refractivity contribution in [3.63, 3.8) is 0 Å². The molecule has 13 N–H and O–H groups in total. The minimum atomic E-state index is -1.71. The lowest BCUT2D eigenvalue weighted by molar-refractivity contribution is -0.148. The fraction of sp³-hybridized carbons (Fsp3) is 0.627. The number of hydrogen-bond donors (Lipinski definition) is 12. The molecule has 9 amide bonds. The SMILES string of the molecule is CCCCCC(=O)N[C@@H]1CSCc2cc(CSCCNC(=O)CN3CCN(CC(=O)O)CCN(CC(=O)O)CCN(CC(=O)O)CC3)cc(c2)CSC[C@@H](C(=O)O)NC(=O)[C@H](Cc2ccccc2)NC(=O)[C@H](CCC(N)=O)NC(=O)[C@H]([C@@H](C)O)NC(=O)[C@@H]2CCCN2C(=O)[C@@H]2CCCN2C1=O. The van der Waals surface area contributed by atoms with Gasteiger partial charge < -0.3 is 73.0 Å². The Morgan fingerprint density at radius 2 is 1.14 bits per heavy atom. The molecule has 4 aliphatic rings. The summed E-state index contributed by atoms with van der Waals surface area (Å²) in [7, 11) is 0. The van der Waals surface area contributed by atoms with Crippen molar-refractivity contribution in [1.82, 2.24) is 61.3 Å². The monoisotopic (exact) mass is 1470 g/mol. The van der Waals surface area contributed by atoms with Crippen LogP contribution in [-0.4, -0.2) is 296 Å². The molecule has 0 unspecified atom stereocenters. The molecule has 0 radical (unpaired) electrons. The van der Waals surface area contributed by atoms with Gasteiger partial charge in [0.2, 0.25) is 53.2 Å². The summed E-state index contributed by atoms with van der Waals surface area (Å²) in [4.78, 5) is 184. The van der Waals surface area contributed by atoms with Crippen LogP contribution in [0.1, 0.15) is 100 Å². The Bertz CT molecular complexity index is 3150. The van der Waals surface area contributed by atoms with Gasteiger partial charge in [0, 0.05) is 126 Å². The molecule has 34 heteroatoms. The average Bonchev–Trinajstić information content (AvgIpc) is 1.72. The molecule has 4 heterocycles. The zero-order valence-electron chi connectivity index (χ0n) is 57.4. The van der Waals surface area contributed by atoms with Gasteiger partial charge in [-0.05, 0) is 67.7 Å². The lowest BCUT2D eigenvalue weighted by Crippen LogP contribution is -2.61. The highest BCUT2D eigenvalue weighted by atomic mass is 32.2. The van der Waals surface area contributed by atoms with Crippen LogP contribution in [0.2, 0.25) is 0 Å². The summed E-state index contributed by atoms with van der Waals surface area (Å²) in [6.07, 6.45) is 1.06. The van der Waals surface area contributed by atoms with Crippen LogP contribution in [0, 0.1) is 0 Å². The van der Waals surface area contributed by atoms with Crippen LogP contribution >= 0.6 is 35.3 Å². The van der Waals surface area contributed by atoms with Gasteiger partial charge in [0.15, 0.2) is 0 Å². The summed E-state index contributed by atoms with van der Waals surface area (Å²) in [6.45, 7) is 4.66. The quantitative estimate of drug-likeness (QED) is 0.0528. The molecule has 101 heavy (non-hydrogen) atoms. The van der Waals surface area contributed by atoms with E-state index < -0.39 is 126 Å². The second-order valence-electron chi connectivity index (χ2n) is 25.8. The van der Waals surface area contributed by atoms with E-state index in [0.717, 1.165) is 29.5 Å². The van der Waals surface area contributed by atoms with Gasteiger partial charge in [0.05, 0.1) is 32.3 Å². The Balaban J connectivity index is 1.26. The van der Waals surface area contributed by atoms with Crippen molar-refractivity contribution in [3.05, 3.63) is 70.8 Å². The molecule has 3 fully saturated rings. The number of nitrogens with one attached hydrogen (secondary N) is 6.